The Labute approximate surface area is 58.4 Å². The number of ether oxygens (including phenoxy) is 1. The molecule has 0 saturated heterocycles. The first-order chi connectivity index (χ1) is 4.31. The maximum absolute atomic E-state index is 5.25. The smallest absolute Gasteiger partial charge is 0.0491 e. The van der Waals surface area contributed by atoms with E-state index in [1.165, 1.54) is 12.8 Å². The van der Waals surface area contributed by atoms with Gasteiger partial charge in [-0.3, -0.25) is 0 Å². The van der Waals surface area contributed by atoms with Crippen LogP contribution in [0, 0.1) is 5.92 Å². The second kappa shape index (κ2) is 6.09. The second-order valence-corrected chi connectivity index (χ2v) is 2.55. The van der Waals surface area contributed by atoms with E-state index in [4.69, 9.17) is 4.74 Å². The molecule has 0 bridgehead atoms. The summed E-state index contributed by atoms with van der Waals surface area (Å²) in [5, 5.41) is 0. The third-order valence-corrected chi connectivity index (χ3v) is 1.39. The van der Waals surface area contributed by atoms with Crippen LogP contribution in [-0.2, 0) is 4.74 Å². The standard InChI is InChI=1S/C8H18O/c1-4-6-8(3)7-9-5-2/h8H,4-7H2,1-3H3/t8-/m1/s1. The predicted octanol–water partition coefficient (Wildman–Crippen LogP) is 2.46. The van der Waals surface area contributed by atoms with E-state index in [1.54, 1.807) is 0 Å². The third-order valence-electron chi connectivity index (χ3n) is 1.39. The van der Waals surface area contributed by atoms with Crippen LogP contribution >= 0.6 is 0 Å². The summed E-state index contributed by atoms with van der Waals surface area (Å²) in [4.78, 5) is 0. The highest BCUT2D eigenvalue weighted by molar-refractivity contribution is 4.48. The van der Waals surface area contributed by atoms with Gasteiger partial charge in [0.05, 0.1) is 0 Å². The van der Waals surface area contributed by atoms with Gasteiger partial charge in [-0.1, -0.05) is 20.3 Å². The van der Waals surface area contributed by atoms with Crippen LogP contribution in [0.4, 0.5) is 0 Å². The molecular formula is C8H18O. The monoisotopic (exact) mass is 130 g/mol. The fourth-order valence-corrected chi connectivity index (χ4v) is 0.895. The van der Waals surface area contributed by atoms with E-state index in [2.05, 4.69) is 13.8 Å². The molecule has 0 aliphatic heterocycles. The molecule has 0 amide bonds. The molecule has 0 heterocycles. The molecule has 0 aromatic carbocycles. The van der Waals surface area contributed by atoms with Crippen LogP contribution in [0.1, 0.15) is 33.6 Å². The second-order valence-electron chi connectivity index (χ2n) is 2.55. The van der Waals surface area contributed by atoms with Gasteiger partial charge >= 0.3 is 0 Å². The first-order valence-corrected chi connectivity index (χ1v) is 3.89. The lowest BCUT2D eigenvalue weighted by Crippen LogP contribution is -2.04. The summed E-state index contributed by atoms with van der Waals surface area (Å²) in [7, 11) is 0. The molecular weight excluding hydrogens is 112 g/mol. The van der Waals surface area contributed by atoms with Crippen LogP contribution in [0.15, 0.2) is 0 Å². The Morgan fingerprint density at radius 1 is 1.33 bits per heavy atom. The molecule has 0 aromatic heterocycles. The molecule has 1 heteroatoms. The Morgan fingerprint density at radius 3 is 2.44 bits per heavy atom. The van der Waals surface area contributed by atoms with Gasteiger partial charge in [-0.2, -0.15) is 0 Å². The van der Waals surface area contributed by atoms with E-state index < -0.39 is 0 Å². The van der Waals surface area contributed by atoms with Crippen molar-refractivity contribution in [1.82, 2.24) is 0 Å². The molecule has 0 unspecified atom stereocenters. The molecule has 0 aliphatic carbocycles. The Balaban J connectivity index is 2.95. The molecule has 1 nitrogen and oxygen atoms in total. The van der Waals surface area contributed by atoms with Crippen molar-refractivity contribution in [2.24, 2.45) is 5.92 Å². The average Bonchev–Trinajstić information content (AvgIpc) is 1.85. The molecule has 0 aliphatic rings. The van der Waals surface area contributed by atoms with Crippen LogP contribution in [0.25, 0.3) is 0 Å². The zero-order valence-electron chi connectivity index (χ0n) is 6.81. The molecule has 0 N–H and O–H groups in total. The zero-order valence-corrected chi connectivity index (χ0v) is 6.81. The van der Waals surface area contributed by atoms with Crippen LogP contribution in [0.2, 0.25) is 0 Å². The minimum atomic E-state index is 0.745. The highest BCUT2D eigenvalue weighted by atomic mass is 16.5. The summed E-state index contributed by atoms with van der Waals surface area (Å²) >= 11 is 0. The van der Waals surface area contributed by atoms with E-state index in [0.717, 1.165) is 19.1 Å². The van der Waals surface area contributed by atoms with Gasteiger partial charge in [0.1, 0.15) is 0 Å². The molecule has 0 aromatic rings. The predicted molar refractivity (Wildman–Crippen MR) is 40.6 cm³/mol. The van der Waals surface area contributed by atoms with Crippen LogP contribution in [0.5, 0.6) is 0 Å². The van der Waals surface area contributed by atoms with E-state index in [-0.39, 0.29) is 0 Å². The Kier molecular flexibility index (Phi) is 6.06. The Bertz CT molecular complexity index is 52.5. The fourth-order valence-electron chi connectivity index (χ4n) is 0.895. The minimum Gasteiger partial charge on any atom is -0.381 e. The van der Waals surface area contributed by atoms with E-state index in [1.807, 2.05) is 6.92 Å². The quantitative estimate of drug-likeness (QED) is 0.555. The molecule has 1 atom stereocenters. The van der Waals surface area contributed by atoms with Crippen LogP contribution in [-0.4, -0.2) is 13.2 Å². The van der Waals surface area contributed by atoms with Crippen molar-refractivity contribution in [2.75, 3.05) is 13.2 Å². The topological polar surface area (TPSA) is 9.23 Å². The SMILES string of the molecule is CCC[C@@H](C)COCC. The summed E-state index contributed by atoms with van der Waals surface area (Å²) in [6.45, 7) is 8.28. The number of hydrogen-bond acceptors (Lipinski definition) is 1. The average molecular weight is 130 g/mol. The largest absolute Gasteiger partial charge is 0.381 e. The van der Waals surface area contributed by atoms with Crippen molar-refractivity contribution in [3.05, 3.63) is 0 Å². The summed E-state index contributed by atoms with van der Waals surface area (Å²) in [6.07, 6.45) is 2.56. The maximum Gasteiger partial charge on any atom is 0.0491 e. The zero-order chi connectivity index (χ0) is 7.11. The lowest BCUT2D eigenvalue weighted by atomic mass is 10.1. The molecule has 0 fully saturated rings. The van der Waals surface area contributed by atoms with Gasteiger partial charge in [-0.15, -0.1) is 0 Å². The normalized spacial score (nSPS) is 13.7. The molecule has 56 valence electrons. The molecule has 0 spiro atoms. The van der Waals surface area contributed by atoms with E-state index in [9.17, 15) is 0 Å². The van der Waals surface area contributed by atoms with Crippen molar-refractivity contribution in [3.63, 3.8) is 0 Å². The molecule has 9 heavy (non-hydrogen) atoms. The summed E-state index contributed by atoms with van der Waals surface area (Å²) in [6, 6.07) is 0. The van der Waals surface area contributed by atoms with Gasteiger partial charge in [-0.05, 0) is 19.3 Å². The van der Waals surface area contributed by atoms with Crippen molar-refractivity contribution in [2.45, 2.75) is 33.6 Å². The first kappa shape index (κ1) is 8.96. The maximum atomic E-state index is 5.25. The number of rotatable bonds is 5. The van der Waals surface area contributed by atoms with Crippen molar-refractivity contribution < 1.29 is 4.74 Å². The fraction of sp³-hybridized carbons (Fsp3) is 1.00. The van der Waals surface area contributed by atoms with Crippen molar-refractivity contribution in [1.29, 1.82) is 0 Å². The van der Waals surface area contributed by atoms with Gasteiger partial charge in [0.15, 0.2) is 0 Å². The first-order valence-electron chi connectivity index (χ1n) is 3.89. The van der Waals surface area contributed by atoms with E-state index >= 15 is 0 Å². The summed E-state index contributed by atoms with van der Waals surface area (Å²) in [5.74, 6) is 0.745. The van der Waals surface area contributed by atoms with Gasteiger partial charge < -0.3 is 4.74 Å². The van der Waals surface area contributed by atoms with Gasteiger partial charge in [0.2, 0.25) is 0 Å². The minimum absolute atomic E-state index is 0.745. The highest BCUT2D eigenvalue weighted by Crippen LogP contribution is 2.04. The van der Waals surface area contributed by atoms with Crippen LogP contribution < -0.4 is 0 Å². The van der Waals surface area contributed by atoms with Gasteiger partial charge in [0.25, 0.3) is 0 Å². The highest BCUT2D eigenvalue weighted by Gasteiger charge is 1.97. The van der Waals surface area contributed by atoms with Gasteiger partial charge in [0, 0.05) is 13.2 Å². The van der Waals surface area contributed by atoms with Crippen LogP contribution in [0.3, 0.4) is 0 Å². The summed E-state index contributed by atoms with van der Waals surface area (Å²) in [5.41, 5.74) is 0. The molecule has 0 saturated carbocycles. The lowest BCUT2D eigenvalue weighted by molar-refractivity contribution is 0.113. The Morgan fingerprint density at radius 2 is 2.00 bits per heavy atom. The van der Waals surface area contributed by atoms with Crippen molar-refractivity contribution in [3.8, 4) is 0 Å². The lowest BCUT2D eigenvalue weighted by Gasteiger charge is -2.08. The summed E-state index contributed by atoms with van der Waals surface area (Å²) < 4.78 is 5.25. The number of hydrogen-bond donors (Lipinski definition) is 0. The van der Waals surface area contributed by atoms with Gasteiger partial charge in [-0.25, -0.2) is 0 Å². The van der Waals surface area contributed by atoms with E-state index in [0.29, 0.717) is 0 Å². The Hall–Kier alpha value is -0.0400. The molecule has 0 radical (unpaired) electrons. The van der Waals surface area contributed by atoms with Crippen molar-refractivity contribution >= 4 is 0 Å². The third kappa shape index (κ3) is 5.84. The molecule has 0 rings (SSSR count).